The third-order valence-corrected chi connectivity index (χ3v) is 4.45. The Morgan fingerprint density at radius 3 is 2.76 bits per heavy atom. The van der Waals surface area contributed by atoms with Gasteiger partial charge in [-0.2, -0.15) is 0 Å². The zero-order valence-corrected chi connectivity index (χ0v) is 10.0. The average Bonchev–Trinajstić information content (AvgIpc) is 2.68. The third kappa shape index (κ3) is 2.95. The van der Waals surface area contributed by atoms with Crippen LogP contribution in [-0.4, -0.2) is 26.9 Å². The highest BCUT2D eigenvalue weighted by atomic mass is 32.2. The first-order valence-electron chi connectivity index (χ1n) is 5.38. The highest BCUT2D eigenvalue weighted by Crippen LogP contribution is 2.21. The lowest BCUT2D eigenvalue weighted by Gasteiger charge is -2.10. The summed E-state index contributed by atoms with van der Waals surface area (Å²) >= 11 is 0. The normalized spacial score (nSPS) is 20.6. The third-order valence-electron chi connectivity index (χ3n) is 2.68. The summed E-state index contributed by atoms with van der Waals surface area (Å²) < 4.78 is 42.3. The molecule has 6 heteroatoms. The van der Waals surface area contributed by atoms with Crippen LogP contribution in [-0.2, 0) is 14.6 Å². The Morgan fingerprint density at radius 2 is 2.18 bits per heavy atom. The fourth-order valence-electron chi connectivity index (χ4n) is 1.88. The molecule has 4 nitrogen and oxygen atoms in total. The van der Waals surface area contributed by atoms with Crippen LogP contribution in [0.1, 0.15) is 12.8 Å². The van der Waals surface area contributed by atoms with Crippen LogP contribution >= 0.6 is 0 Å². The molecule has 1 aliphatic rings. The highest BCUT2D eigenvalue weighted by Gasteiger charge is 2.25. The van der Waals surface area contributed by atoms with Gasteiger partial charge >= 0.3 is 0 Å². The zero-order valence-electron chi connectivity index (χ0n) is 9.23. The van der Waals surface area contributed by atoms with Gasteiger partial charge in [-0.3, -0.25) is 0 Å². The number of hydrogen-bond donors (Lipinski definition) is 1. The number of nitrogens with two attached hydrogens (primary N) is 1. The molecule has 1 aromatic carbocycles. The van der Waals surface area contributed by atoms with Crippen LogP contribution in [0.2, 0.25) is 0 Å². The SMILES string of the molecule is Nc1cc(F)cc(S(=O)(=O)CC2CCCO2)c1. The van der Waals surface area contributed by atoms with E-state index in [1.54, 1.807) is 0 Å². The molecule has 1 unspecified atom stereocenters. The fourth-order valence-corrected chi connectivity index (χ4v) is 3.43. The molecule has 0 radical (unpaired) electrons. The molecule has 17 heavy (non-hydrogen) atoms. The van der Waals surface area contributed by atoms with E-state index in [1.165, 1.54) is 6.07 Å². The molecular formula is C11H14FNO3S. The Morgan fingerprint density at radius 1 is 1.41 bits per heavy atom. The van der Waals surface area contributed by atoms with Gasteiger partial charge in [0.2, 0.25) is 0 Å². The number of benzene rings is 1. The lowest BCUT2D eigenvalue weighted by atomic mass is 10.3. The minimum atomic E-state index is -3.53. The summed E-state index contributed by atoms with van der Waals surface area (Å²) in [4.78, 5) is -0.0782. The molecule has 0 aliphatic carbocycles. The maximum absolute atomic E-state index is 13.1. The molecule has 1 atom stereocenters. The van der Waals surface area contributed by atoms with Gasteiger partial charge in [-0.1, -0.05) is 0 Å². The number of rotatable bonds is 3. The van der Waals surface area contributed by atoms with Crippen LogP contribution in [0.25, 0.3) is 0 Å². The van der Waals surface area contributed by atoms with Crippen molar-refractivity contribution in [2.45, 2.75) is 23.8 Å². The number of halogens is 1. The van der Waals surface area contributed by atoms with Crippen molar-refractivity contribution in [2.24, 2.45) is 0 Å². The molecule has 0 amide bonds. The molecule has 0 bridgehead atoms. The summed E-state index contributed by atoms with van der Waals surface area (Å²) in [6, 6.07) is 3.35. The summed E-state index contributed by atoms with van der Waals surface area (Å²) in [5, 5.41) is 0. The van der Waals surface area contributed by atoms with Crippen molar-refractivity contribution in [3.8, 4) is 0 Å². The van der Waals surface area contributed by atoms with Gasteiger partial charge in [0.15, 0.2) is 9.84 Å². The molecule has 1 aliphatic heterocycles. The monoisotopic (exact) mass is 259 g/mol. The standard InChI is InChI=1S/C11H14FNO3S/c12-8-4-9(13)6-11(5-8)17(14,15)7-10-2-1-3-16-10/h4-6,10H,1-3,7,13H2. The van der Waals surface area contributed by atoms with Crippen molar-refractivity contribution >= 4 is 15.5 Å². The van der Waals surface area contributed by atoms with Crippen LogP contribution in [0.15, 0.2) is 23.1 Å². The topological polar surface area (TPSA) is 69.4 Å². The maximum atomic E-state index is 13.1. The summed E-state index contributed by atoms with van der Waals surface area (Å²) in [5.74, 6) is -0.758. The Labute approximate surface area is 99.5 Å². The molecule has 1 aromatic rings. The molecular weight excluding hydrogens is 245 g/mol. The second kappa shape index (κ2) is 4.62. The van der Waals surface area contributed by atoms with Gasteiger partial charge in [0, 0.05) is 12.3 Å². The summed E-state index contributed by atoms with van der Waals surface area (Å²) in [6.45, 7) is 0.589. The molecule has 2 N–H and O–H groups in total. The summed E-state index contributed by atoms with van der Waals surface area (Å²) in [5.41, 5.74) is 5.54. The maximum Gasteiger partial charge on any atom is 0.181 e. The van der Waals surface area contributed by atoms with E-state index in [-0.39, 0.29) is 22.4 Å². The van der Waals surface area contributed by atoms with E-state index in [9.17, 15) is 12.8 Å². The van der Waals surface area contributed by atoms with E-state index in [4.69, 9.17) is 10.5 Å². The Balaban J connectivity index is 2.24. The zero-order chi connectivity index (χ0) is 12.5. The predicted octanol–water partition coefficient (Wildman–Crippen LogP) is 1.36. The largest absolute Gasteiger partial charge is 0.399 e. The summed E-state index contributed by atoms with van der Waals surface area (Å²) in [7, 11) is -3.53. The van der Waals surface area contributed by atoms with Gasteiger partial charge in [0.25, 0.3) is 0 Å². The van der Waals surface area contributed by atoms with E-state index < -0.39 is 15.7 Å². The van der Waals surface area contributed by atoms with Gasteiger partial charge in [-0.25, -0.2) is 12.8 Å². The number of hydrogen-bond acceptors (Lipinski definition) is 4. The number of nitrogen functional groups attached to an aromatic ring is 1. The van der Waals surface area contributed by atoms with Crippen molar-refractivity contribution in [1.29, 1.82) is 0 Å². The van der Waals surface area contributed by atoms with E-state index in [0.717, 1.165) is 25.0 Å². The number of sulfone groups is 1. The number of ether oxygens (including phenoxy) is 1. The van der Waals surface area contributed by atoms with Gasteiger partial charge in [0.05, 0.1) is 16.8 Å². The lowest BCUT2D eigenvalue weighted by molar-refractivity contribution is 0.127. The second-order valence-corrected chi connectivity index (χ2v) is 6.17. The molecule has 1 fully saturated rings. The van der Waals surface area contributed by atoms with Gasteiger partial charge in [-0.05, 0) is 31.0 Å². The quantitative estimate of drug-likeness (QED) is 0.832. The van der Waals surface area contributed by atoms with Crippen molar-refractivity contribution in [1.82, 2.24) is 0 Å². The van der Waals surface area contributed by atoms with E-state index >= 15 is 0 Å². The number of anilines is 1. The van der Waals surface area contributed by atoms with E-state index in [0.29, 0.717) is 6.61 Å². The van der Waals surface area contributed by atoms with Crippen LogP contribution < -0.4 is 5.73 Å². The molecule has 1 heterocycles. The molecule has 0 aromatic heterocycles. The molecule has 0 saturated carbocycles. The van der Waals surface area contributed by atoms with Crippen molar-refractivity contribution < 1.29 is 17.5 Å². The second-order valence-electron chi connectivity index (χ2n) is 4.14. The fraction of sp³-hybridized carbons (Fsp3) is 0.455. The van der Waals surface area contributed by atoms with Gasteiger partial charge in [0.1, 0.15) is 5.82 Å². The summed E-state index contributed by atoms with van der Waals surface area (Å²) in [6.07, 6.45) is 1.31. The molecule has 2 rings (SSSR count). The van der Waals surface area contributed by atoms with E-state index in [2.05, 4.69) is 0 Å². The molecule has 94 valence electrons. The predicted molar refractivity (Wildman–Crippen MR) is 61.8 cm³/mol. The van der Waals surface area contributed by atoms with Crippen LogP contribution in [0.5, 0.6) is 0 Å². The van der Waals surface area contributed by atoms with Crippen LogP contribution in [0.4, 0.5) is 10.1 Å². The smallest absolute Gasteiger partial charge is 0.181 e. The van der Waals surface area contributed by atoms with Crippen molar-refractivity contribution in [3.05, 3.63) is 24.0 Å². The average molecular weight is 259 g/mol. The first-order valence-corrected chi connectivity index (χ1v) is 7.03. The van der Waals surface area contributed by atoms with Crippen molar-refractivity contribution in [3.63, 3.8) is 0 Å². The van der Waals surface area contributed by atoms with Crippen LogP contribution in [0, 0.1) is 5.82 Å². The van der Waals surface area contributed by atoms with Gasteiger partial charge < -0.3 is 10.5 Å². The Kier molecular flexibility index (Phi) is 3.35. The minimum absolute atomic E-state index is 0.0782. The first kappa shape index (κ1) is 12.3. The minimum Gasteiger partial charge on any atom is -0.399 e. The van der Waals surface area contributed by atoms with E-state index in [1.807, 2.05) is 0 Å². The Hall–Kier alpha value is -1.14. The van der Waals surface area contributed by atoms with Crippen molar-refractivity contribution in [2.75, 3.05) is 18.1 Å². The lowest BCUT2D eigenvalue weighted by Crippen LogP contribution is -2.20. The first-order chi connectivity index (χ1) is 7.97. The van der Waals surface area contributed by atoms with Crippen LogP contribution in [0.3, 0.4) is 0 Å². The molecule has 1 saturated heterocycles. The Bertz CT molecular complexity index is 489. The molecule has 0 spiro atoms. The van der Waals surface area contributed by atoms with Gasteiger partial charge in [-0.15, -0.1) is 0 Å². The highest BCUT2D eigenvalue weighted by molar-refractivity contribution is 7.91.